The monoisotopic (exact) mass is 398 g/mol. The molecular formula is C21H26N4O4. The summed E-state index contributed by atoms with van der Waals surface area (Å²) in [6, 6.07) is 9.30. The number of nitrogens with zero attached hydrogens (tertiary/aromatic N) is 2. The summed E-state index contributed by atoms with van der Waals surface area (Å²) in [5.74, 6) is 0.520. The van der Waals surface area contributed by atoms with E-state index in [2.05, 4.69) is 15.6 Å². The Labute approximate surface area is 170 Å². The second-order valence-corrected chi connectivity index (χ2v) is 6.72. The lowest BCUT2D eigenvalue weighted by molar-refractivity contribution is 0.0860. The molecule has 1 aromatic heterocycles. The van der Waals surface area contributed by atoms with Gasteiger partial charge in [-0.15, -0.1) is 0 Å². The highest BCUT2D eigenvalue weighted by Crippen LogP contribution is 2.27. The molecule has 2 amide bonds. The summed E-state index contributed by atoms with van der Waals surface area (Å²) in [7, 11) is 1.61. The van der Waals surface area contributed by atoms with Gasteiger partial charge in [0.2, 0.25) is 0 Å². The summed E-state index contributed by atoms with van der Waals surface area (Å²) in [6.07, 6.45) is 4.28. The van der Waals surface area contributed by atoms with E-state index in [0.717, 1.165) is 5.69 Å². The van der Waals surface area contributed by atoms with Crippen LogP contribution >= 0.6 is 0 Å². The molecule has 2 aromatic rings. The standard InChI is InChI=1S/C21H26N4O4/c1-3-29-21(27)25-10-8-16(9-11-25)24-20(26)15-12-17(14-22-13-15)23-18-6-4-5-7-19(18)28-2/h4-7,12-14,16,23H,3,8-11H2,1-2H3,(H,24,26). The summed E-state index contributed by atoms with van der Waals surface area (Å²) < 4.78 is 10.4. The van der Waals surface area contributed by atoms with E-state index in [4.69, 9.17) is 9.47 Å². The van der Waals surface area contributed by atoms with Gasteiger partial charge in [0.1, 0.15) is 5.75 Å². The maximum Gasteiger partial charge on any atom is 0.409 e. The number of rotatable bonds is 6. The third-order valence-electron chi connectivity index (χ3n) is 4.74. The van der Waals surface area contributed by atoms with Crippen LogP contribution in [0.1, 0.15) is 30.1 Å². The van der Waals surface area contributed by atoms with Gasteiger partial charge in [-0.2, -0.15) is 0 Å². The summed E-state index contributed by atoms with van der Waals surface area (Å²) in [5, 5.41) is 6.26. The topological polar surface area (TPSA) is 92.8 Å². The van der Waals surface area contributed by atoms with Crippen molar-refractivity contribution in [2.24, 2.45) is 0 Å². The van der Waals surface area contributed by atoms with Crippen LogP contribution in [0.5, 0.6) is 5.75 Å². The van der Waals surface area contributed by atoms with Crippen LogP contribution < -0.4 is 15.4 Å². The number of anilines is 2. The fourth-order valence-electron chi connectivity index (χ4n) is 3.23. The van der Waals surface area contributed by atoms with Gasteiger partial charge in [0.25, 0.3) is 5.91 Å². The largest absolute Gasteiger partial charge is 0.495 e. The summed E-state index contributed by atoms with van der Waals surface area (Å²) in [5.41, 5.74) is 1.96. The molecule has 1 fully saturated rings. The number of amides is 2. The lowest BCUT2D eigenvalue weighted by Crippen LogP contribution is -2.46. The van der Waals surface area contributed by atoms with Crippen molar-refractivity contribution in [3.8, 4) is 5.75 Å². The fraction of sp³-hybridized carbons (Fsp3) is 0.381. The third kappa shape index (κ3) is 5.37. The number of likely N-dealkylation sites (tertiary alicyclic amines) is 1. The number of carbonyl (C=O) groups is 2. The Hall–Kier alpha value is -3.29. The molecule has 8 nitrogen and oxygen atoms in total. The molecule has 0 aliphatic carbocycles. The van der Waals surface area contributed by atoms with Crippen LogP contribution in [0.2, 0.25) is 0 Å². The van der Waals surface area contributed by atoms with E-state index in [0.29, 0.717) is 49.5 Å². The van der Waals surface area contributed by atoms with E-state index < -0.39 is 0 Å². The van der Waals surface area contributed by atoms with Crippen LogP contribution in [0.25, 0.3) is 0 Å². The number of para-hydroxylation sites is 2. The number of aromatic nitrogens is 1. The first-order valence-electron chi connectivity index (χ1n) is 9.68. The van der Waals surface area contributed by atoms with Crippen molar-refractivity contribution in [3.05, 3.63) is 48.3 Å². The van der Waals surface area contributed by atoms with Crippen molar-refractivity contribution in [1.29, 1.82) is 0 Å². The zero-order chi connectivity index (χ0) is 20.6. The molecule has 1 aliphatic rings. The molecule has 2 heterocycles. The van der Waals surface area contributed by atoms with Gasteiger partial charge in [-0.3, -0.25) is 9.78 Å². The van der Waals surface area contributed by atoms with Gasteiger partial charge >= 0.3 is 6.09 Å². The number of ether oxygens (including phenoxy) is 2. The average molecular weight is 398 g/mol. The second-order valence-electron chi connectivity index (χ2n) is 6.72. The van der Waals surface area contributed by atoms with Crippen molar-refractivity contribution in [3.63, 3.8) is 0 Å². The van der Waals surface area contributed by atoms with Gasteiger partial charge in [-0.1, -0.05) is 12.1 Å². The van der Waals surface area contributed by atoms with E-state index in [1.54, 1.807) is 31.2 Å². The smallest absolute Gasteiger partial charge is 0.409 e. The van der Waals surface area contributed by atoms with Crippen molar-refractivity contribution >= 4 is 23.4 Å². The van der Waals surface area contributed by atoms with E-state index in [1.165, 1.54) is 6.20 Å². The van der Waals surface area contributed by atoms with Crippen molar-refractivity contribution in [2.45, 2.75) is 25.8 Å². The van der Waals surface area contributed by atoms with E-state index in [-0.39, 0.29) is 18.0 Å². The van der Waals surface area contributed by atoms with E-state index in [9.17, 15) is 9.59 Å². The Morgan fingerprint density at radius 3 is 2.69 bits per heavy atom. The minimum atomic E-state index is -0.295. The van der Waals surface area contributed by atoms with Crippen LogP contribution in [-0.4, -0.2) is 54.7 Å². The Morgan fingerprint density at radius 2 is 1.97 bits per heavy atom. The van der Waals surface area contributed by atoms with Crippen molar-refractivity contribution < 1.29 is 19.1 Å². The maximum absolute atomic E-state index is 12.6. The normalized spacial score (nSPS) is 14.2. The zero-order valence-corrected chi connectivity index (χ0v) is 16.7. The highest BCUT2D eigenvalue weighted by Gasteiger charge is 2.25. The number of hydrogen-bond donors (Lipinski definition) is 2. The van der Waals surface area contributed by atoms with E-state index >= 15 is 0 Å². The van der Waals surface area contributed by atoms with Gasteiger partial charge < -0.3 is 25.0 Å². The van der Waals surface area contributed by atoms with Gasteiger partial charge in [-0.05, 0) is 38.0 Å². The molecule has 8 heteroatoms. The molecule has 1 aromatic carbocycles. The summed E-state index contributed by atoms with van der Waals surface area (Å²) in [6.45, 7) is 3.28. The third-order valence-corrected chi connectivity index (χ3v) is 4.74. The molecule has 3 rings (SSSR count). The number of methoxy groups -OCH3 is 1. The van der Waals surface area contributed by atoms with E-state index in [1.807, 2.05) is 24.3 Å². The lowest BCUT2D eigenvalue weighted by Gasteiger charge is -2.31. The first-order chi connectivity index (χ1) is 14.1. The molecule has 1 aliphatic heterocycles. The van der Waals surface area contributed by atoms with Crippen LogP contribution in [-0.2, 0) is 4.74 Å². The molecule has 154 valence electrons. The molecule has 0 bridgehead atoms. The number of hydrogen-bond acceptors (Lipinski definition) is 6. The fourth-order valence-corrected chi connectivity index (χ4v) is 3.23. The average Bonchev–Trinajstić information content (AvgIpc) is 2.75. The summed E-state index contributed by atoms with van der Waals surface area (Å²) in [4.78, 5) is 30.3. The lowest BCUT2D eigenvalue weighted by atomic mass is 10.0. The quantitative estimate of drug-likeness (QED) is 0.776. The van der Waals surface area contributed by atoms with Crippen LogP contribution in [0, 0.1) is 0 Å². The first kappa shape index (κ1) is 20.4. The molecule has 29 heavy (non-hydrogen) atoms. The highest BCUT2D eigenvalue weighted by atomic mass is 16.6. The first-order valence-corrected chi connectivity index (χ1v) is 9.68. The Balaban J connectivity index is 1.58. The minimum absolute atomic E-state index is 0.0130. The molecule has 0 unspecified atom stereocenters. The van der Waals surface area contributed by atoms with Gasteiger partial charge in [0, 0.05) is 25.3 Å². The Morgan fingerprint density at radius 1 is 1.21 bits per heavy atom. The van der Waals surface area contributed by atoms with Gasteiger partial charge in [0.15, 0.2) is 0 Å². The predicted molar refractivity (Wildman–Crippen MR) is 110 cm³/mol. The number of benzene rings is 1. The molecule has 0 spiro atoms. The maximum atomic E-state index is 12.6. The molecule has 2 N–H and O–H groups in total. The molecule has 0 atom stereocenters. The molecule has 1 saturated heterocycles. The Kier molecular flexibility index (Phi) is 6.89. The van der Waals surface area contributed by atoms with Gasteiger partial charge in [-0.25, -0.2) is 4.79 Å². The van der Waals surface area contributed by atoms with Crippen LogP contribution in [0.4, 0.5) is 16.2 Å². The molecule has 0 radical (unpaired) electrons. The summed E-state index contributed by atoms with van der Waals surface area (Å²) >= 11 is 0. The predicted octanol–water partition coefficient (Wildman–Crippen LogP) is 3.18. The Bertz CT molecular complexity index is 850. The van der Waals surface area contributed by atoms with Crippen LogP contribution in [0.3, 0.4) is 0 Å². The van der Waals surface area contributed by atoms with Crippen molar-refractivity contribution in [2.75, 3.05) is 32.1 Å². The number of pyridine rings is 1. The molecular weight excluding hydrogens is 372 g/mol. The van der Waals surface area contributed by atoms with Gasteiger partial charge in [0.05, 0.1) is 36.9 Å². The second kappa shape index (κ2) is 9.77. The van der Waals surface area contributed by atoms with Crippen molar-refractivity contribution in [1.82, 2.24) is 15.2 Å². The number of nitrogens with one attached hydrogen (secondary N) is 2. The van der Waals surface area contributed by atoms with Crippen LogP contribution in [0.15, 0.2) is 42.7 Å². The highest BCUT2D eigenvalue weighted by molar-refractivity contribution is 5.95. The minimum Gasteiger partial charge on any atom is -0.495 e. The number of carbonyl (C=O) groups excluding carboxylic acids is 2. The number of piperidine rings is 1. The zero-order valence-electron chi connectivity index (χ0n) is 16.7. The SMILES string of the molecule is CCOC(=O)N1CCC(NC(=O)c2cncc(Nc3ccccc3OC)c2)CC1. The molecule has 0 saturated carbocycles.